The number of aryl methyl sites for hydroxylation is 2. The van der Waals surface area contributed by atoms with Gasteiger partial charge in [-0.25, -0.2) is 9.97 Å². The largest absolute Gasteiger partial charge is 0.494 e. The molecule has 1 aliphatic heterocycles. The summed E-state index contributed by atoms with van der Waals surface area (Å²) < 4.78 is 7.48. The van der Waals surface area contributed by atoms with Crippen LogP contribution in [0, 0.1) is 12.8 Å². The molecular weight excluding hydrogens is 392 g/mol. The lowest BCUT2D eigenvalue weighted by Gasteiger charge is -2.32. The molecule has 3 aromatic rings. The summed E-state index contributed by atoms with van der Waals surface area (Å²) in [5, 5.41) is 8.27. The molecule has 0 radical (unpaired) electrons. The number of carbonyl (C=O) groups excluding carboxylic acids is 1. The summed E-state index contributed by atoms with van der Waals surface area (Å²) in [5.74, 6) is 1.60. The Kier molecular flexibility index (Phi) is 6.64. The summed E-state index contributed by atoms with van der Waals surface area (Å²) in [6, 6.07) is 7.82. The van der Waals surface area contributed by atoms with Gasteiger partial charge in [0.2, 0.25) is 11.9 Å². The molecule has 0 spiro atoms. The number of benzene rings is 1. The molecule has 1 aliphatic rings. The lowest BCUT2D eigenvalue weighted by Crippen LogP contribution is -2.44. The number of carbonyl (C=O) groups is 1. The van der Waals surface area contributed by atoms with Crippen molar-refractivity contribution in [2.75, 3.05) is 31.1 Å². The number of hydrogen-bond acceptors (Lipinski definition) is 6. The molecule has 1 N–H and O–H groups in total. The Morgan fingerprint density at radius 3 is 3.03 bits per heavy atom. The van der Waals surface area contributed by atoms with Crippen molar-refractivity contribution in [3.63, 3.8) is 0 Å². The molecule has 1 atom stereocenters. The van der Waals surface area contributed by atoms with Gasteiger partial charge in [0.1, 0.15) is 5.75 Å². The summed E-state index contributed by atoms with van der Waals surface area (Å²) in [6.07, 6.45) is 6.41. The predicted octanol–water partition coefficient (Wildman–Crippen LogP) is 2.96. The van der Waals surface area contributed by atoms with Crippen molar-refractivity contribution in [2.24, 2.45) is 5.92 Å². The fourth-order valence-corrected chi connectivity index (χ4v) is 4.05. The maximum absolute atomic E-state index is 12.7. The molecular formula is C23H30N6O2. The van der Waals surface area contributed by atoms with Gasteiger partial charge in [-0.15, -0.1) is 0 Å². The number of anilines is 1. The Morgan fingerprint density at radius 1 is 1.32 bits per heavy atom. The zero-order chi connectivity index (χ0) is 21.6. The normalized spacial score (nSPS) is 16.5. The summed E-state index contributed by atoms with van der Waals surface area (Å²) in [4.78, 5) is 24.4. The van der Waals surface area contributed by atoms with Crippen LogP contribution < -0.4 is 15.0 Å². The Labute approximate surface area is 182 Å². The highest BCUT2D eigenvalue weighted by atomic mass is 16.5. The van der Waals surface area contributed by atoms with E-state index in [2.05, 4.69) is 15.3 Å². The maximum Gasteiger partial charge on any atom is 0.226 e. The lowest BCUT2D eigenvalue weighted by molar-refractivity contribution is -0.125. The van der Waals surface area contributed by atoms with Gasteiger partial charge in [-0.3, -0.25) is 9.48 Å². The zero-order valence-electron chi connectivity index (χ0n) is 18.3. The minimum atomic E-state index is -0.0432. The quantitative estimate of drug-likeness (QED) is 0.562. The molecule has 0 bridgehead atoms. The van der Waals surface area contributed by atoms with Crippen molar-refractivity contribution in [3.8, 4) is 5.75 Å². The highest BCUT2D eigenvalue weighted by Gasteiger charge is 2.27. The van der Waals surface area contributed by atoms with Gasteiger partial charge in [0.15, 0.2) is 0 Å². The number of fused-ring (bicyclic) bond motifs is 1. The van der Waals surface area contributed by atoms with Crippen LogP contribution in [0.2, 0.25) is 0 Å². The summed E-state index contributed by atoms with van der Waals surface area (Å²) >= 11 is 0. The Morgan fingerprint density at radius 2 is 2.23 bits per heavy atom. The van der Waals surface area contributed by atoms with Crippen molar-refractivity contribution in [1.29, 1.82) is 0 Å². The van der Waals surface area contributed by atoms with E-state index < -0.39 is 0 Å². The standard InChI is InChI=1S/C23H30N6O2/c1-3-31-19-8-9-21-20(15-19)17(2)26-23(27-21)28-12-4-7-18(16-28)22(30)24-10-5-13-29-14-6-11-25-29/h6,8-9,11,14-15,18H,3-5,7,10,12-13,16H2,1-2H3,(H,24,30). The maximum atomic E-state index is 12.7. The van der Waals surface area contributed by atoms with Crippen molar-refractivity contribution < 1.29 is 9.53 Å². The minimum absolute atomic E-state index is 0.0432. The molecule has 8 nitrogen and oxygen atoms in total. The first-order valence-corrected chi connectivity index (χ1v) is 11.1. The molecule has 31 heavy (non-hydrogen) atoms. The average Bonchev–Trinajstić information content (AvgIpc) is 3.31. The molecule has 2 aromatic heterocycles. The number of ether oxygens (including phenoxy) is 1. The van der Waals surface area contributed by atoms with E-state index in [1.165, 1.54) is 0 Å². The number of nitrogens with one attached hydrogen (secondary N) is 1. The monoisotopic (exact) mass is 422 g/mol. The zero-order valence-corrected chi connectivity index (χ0v) is 18.3. The van der Waals surface area contributed by atoms with E-state index in [9.17, 15) is 4.79 Å². The fourth-order valence-electron chi connectivity index (χ4n) is 4.05. The molecule has 4 rings (SSSR count). The van der Waals surface area contributed by atoms with Gasteiger partial charge in [0.05, 0.1) is 23.7 Å². The summed E-state index contributed by atoms with van der Waals surface area (Å²) in [5.41, 5.74) is 1.82. The van der Waals surface area contributed by atoms with Crippen LogP contribution in [0.5, 0.6) is 5.75 Å². The third-order valence-corrected chi connectivity index (χ3v) is 5.65. The first kappa shape index (κ1) is 21.1. The lowest BCUT2D eigenvalue weighted by atomic mass is 9.97. The topological polar surface area (TPSA) is 85.2 Å². The summed E-state index contributed by atoms with van der Waals surface area (Å²) in [7, 11) is 0. The third-order valence-electron chi connectivity index (χ3n) is 5.65. The molecule has 1 aromatic carbocycles. The predicted molar refractivity (Wildman–Crippen MR) is 120 cm³/mol. The molecule has 1 saturated heterocycles. The molecule has 3 heterocycles. The van der Waals surface area contributed by atoms with Gasteiger partial charge in [0.25, 0.3) is 0 Å². The van der Waals surface area contributed by atoms with Crippen LogP contribution in [0.4, 0.5) is 5.95 Å². The van der Waals surface area contributed by atoms with Crippen molar-refractivity contribution in [3.05, 3.63) is 42.4 Å². The fraction of sp³-hybridized carbons (Fsp3) is 0.478. The van der Waals surface area contributed by atoms with E-state index in [-0.39, 0.29) is 11.8 Å². The van der Waals surface area contributed by atoms with Crippen LogP contribution in [0.3, 0.4) is 0 Å². The minimum Gasteiger partial charge on any atom is -0.494 e. The second-order valence-corrected chi connectivity index (χ2v) is 7.92. The molecule has 1 amide bonds. The van der Waals surface area contributed by atoms with E-state index in [0.717, 1.165) is 54.7 Å². The van der Waals surface area contributed by atoms with Crippen molar-refractivity contribution >= 4 is 22.8 Å². The van der Waals surface area contributed by atoms with Crippen molar-refractivity contribution in [1.82, 2.24) is 25.1 Å². The van der Waals surface area contributed by atoms with Crippen molar-refractivity contribution in [2.45, 2.75) is 39.7 Å². The molecule has 1 unspecified atom stereocenters. The van der Waals surface area contributed by atoms with Gasteiger partial charge in [-0.05, 0) is 57.4 Å². The Hall–Kier alpha value is -3.16. The van der Waals surface area contributed by atoms with Gasteiger partial charge in [-0.2, -0.15) is 5.10 Å². The highest BCUT2D eigenvalue weighted by Crippen LogP contribution is 2.26. The Balaban J connectivity index is 1.37. The van der Waals surface area contributed by atoms with Crippen LogP contribution in [0.25, 0.3) is 10.9 Å². The second-order valence-electron chi connectivity index (χ2n) is 7.92. The number of hydrogen-bond donors (Lipinski definition) is 1. The van der Waals surface area contributed by atoms with Gasteiger partial charge in [-0.1, -0.05) is 0 Å². The number of amides is 1. The van der Waals surface area contributed by atoms with Crippen LogP contribution in [-0.2, 0) is 11.3 Å². The third kappa shape index (κ3) is 5.13. The molecule has 164 valence electrons. The van der Waals surface area contributed by atoms with E-state index in [0.29, 0.717) is 25.6 Å². The average molecular weight is 423 g/mol. The number of nitrogens with zero attached hydrogens (tertiary/aromatic N) is 5. The highest BCUT2D eigenvalue weighted by molar-refractivity contribution is 5.83. The van der Waals surface area contributed by atoms with E-state index in [1.807, 2.05) is 49.0 Å². The molecule has 1 fully saturated rings. The first-order valence-electron chi connectivity index (χ1n) is 11.1. The van der Waals surface area contributed by atoms with Crippen LogP contribution in [0.15, 0.2) is 36.7 Å². The smallest absolute Gasteiger partial charge is 0.226 e. The number of aromatic nitrogens is 4. The van der Waals surface area contributed by atoms with E-state index >= 15 is 0 Å². The van der Waals surface area contributed by atoms with E-state index in [4.69, 9.17) is 14.7 Å². The molecule has 0 aliphatic carbocycles. The van der Waals surface area contributed by atoms with Gasteiger partial charge in [0, 0.05) is 44.0 Å². The van der Waals surface area contributed by atoms with Gasteiger partial charge >= 0.3 is 0 Å². The molecule has 0 saturated carbocycles. The summed E-state index contributed by atoms with van der Waals surface area (Å²) in [6.45, 7) is 7.57. The van der Waals surface area contributed by atoms with Crippen LogP contribution in [0.1, 0.15) is 31.9 Å². The first-order chi connectivity index (χ1) is 15.1. The van der Waals surface area contributed by atoms with E-state index in [1.54, 1.807) is 6.20 Å². The second kappa shape index (κ2) is 9.76. The number of piperidine rings is 1. The van der Waals surface area contributed by atoms with Crippen LogP contribution >= 0.6 is 0 Å². The van der Waals surface area contributed by atoms with Crippen LogP contribution in [-0.4, -0.2) is 51.9 Å². The Bertz CT molecular complexity index is 1020. The number of rotatable bonds is 8. The molecule has 8 heteroatoms. The SMILES string of the molecule is CCOc1ccc2nc(N3CCCC(C(=O)NCCCn4cccn4)C3)nc(C)c2c1. The van der Waals surface area contributed by atoms with Gasteiger partial charge < -0.3 is 15.0 Å².